The lowest BCUT2D eigenvalue weighted by molar-refractivity contribution is 0.0729. The number of methoxy groups -OCH3 is 1. The molecule has 1 amide bonds. The van der Waals surface area contributed by atoms with E-state index in [9.17, 15) is 15.0 Å². The molecule has 0 spiro atoms. The average molecular weight is 508 g/mol. The first-order valence-corrected chi connectivity index (χ1v) is 12.2. The Morgan fingerprint density at radius 2 is 1.81 bits per heavy atom. The van der Waals surface area contributed by atoms with Crippen molar-refractivity contribution in [3.8, 4) is 17.2 Å². The summed E-state index contributed by atoms with van der Waals surface area (Å²) < 4.78 is 7.66. The molecule has 1 aromatic heterocycles. The number of carbonyl (C=O) groups excluding carboxylic acids is 1. The van der Waals surface area contributed by atoms with E-state index in [4.69, 9.17) is 21.3 Å². The van der Waals surface area contributed by atoms with Crippen LogP contribution in [0.3, 0.4) is 0 Å². The van der Waals surface area contributed by atoms with Crippen LogP contribution in [0.2, 0.25) is 5.02 Å². The summed E-state index contributed by atoms with van der Waals surface area (Å²) in [7, 11) is 1.65. The maximum Gasteiger partial charge on any atom is 0.255 e. The quantitative estimate of drug-likeness (QED) is 0.278. The van der Waals surface area contributed by atoms with Gasteiger partial charge in [0, 0.05) is 12.1 Å². The second-order valence-corrected chi connectivity index (χ2v) is 9.50. The molecular weight excluding hydrogens is 478 g/mol. The smallest absolute Gasteiger partial charge is 0.255 e. The molecule has 0 aliphatic rings. The molecule has 0 aliphatic heterocycles. The molecule has 1 heterocycles. The lowest BCUT2D eigenvalue weighted by atomic mass is 10.1. The van der Waals surface area contributed by atoms with Crippen LogP contribution in [0, 0.1) is 5.92 Å². The number of fused-ring (bicyclic) bond motifs is 1. The van der Waals surface area contributed by atoms with Gasteiger partial charge in [-0.15, -0.1) is 0 Å². The maximum absolute atomic E-state index is 13.6. The number of halogens is 1. The molecule has 7 nitrogen and oxygen atoms in total. The first kappa shape index (κ1) is 25.4. The van der Waals surface area contributed by atoms with Gasteiger partial charge in [-0.2, -0.15) is 0 Å². The lowest BCUT2D eigenvalue weighted by Gasteiger charge is -2.25. The van der Waals surface area contributed by atoms with Crippen LogP contribution in [-0.2, 0) is 13.1 Å². The Labute approximate surface area is 215 Å². The number of hydrogen-bond donors (Lipinski definition) is 2. The summed E-state index contributed by atoms with van der Waals surface area (Å²) in [6, 6.07) is 18.4. The summed E-state index contributed by atoms with van der Waals surface area (Å²) >= 11 is 6.25. The van der Waals surface area contributed by atoms with Gasteiger partial charge in [-0.3, -0.25) is 4.79 Å². The number of para-hydroxylation sites is 3. The molecule has 0 saturated heterocycles. The van der Waals surface area contributed by atoms with Gasteiger partial charge in [0.1, 0.15) is 11.6 Å². The molecule has 0 unspecified atom stereocenters. The van der Waals surface area contributed by atoms with Crippen molar-refractivity contribution < 1.29 is 19.7 Å². The van der Waals surface area contributed by atoms with Crippen molar-refractivity contribution in [1.29, 1.82) is 0 Å². The fourth-order valence-electron chi connectivity index (χ4n) is 4.15. The number of rotatable bonds is 9. The van der Waals surface area contributed by atoms with Crippen molar-refractivity contribution in [1.82, 2.24) is 14.5 Å². The molecule has 36 heavy (non-hydrogen) atoms. The second-order valence-electron chi connectivity index (χ2n) is 9.12. The fourth-order valence-corrected chi connectivity index (χ4v) is 4.39. The van der Waals surface area contributed by atoms with Gasteiger partial charge >= 0.3 is 0 Å². The minimum Gasteiger partial charge on any atom is -0.504 e. The highest BCUT2D eigenvalue weighted by Gasteiger charge is 2.24. The van der Waals surface area contributed by atoms with Crippen LogP contribution in [0.5, 0.6) is 17.2 Å². The molecule has 0 radical (unpaired) electrons. The summed E-state index contributed by atoms with van der Waals surface area (Å²) in [5.74, 6) is 0.653. The van der Waals surface area contributed by atoms with Crippen LogP contribution in [0.4, 0.5) is 0 Å². The molecule has 0 aliphatic carbocycles. The molecule has 8 heteroatoms. The fraction of sp³-hybridized carbons (Fsp3) is 0.286. The van der Waals surface area contributed by atoms with Crippen molar-refractivity contribution in [3.05, 3.63) is 82.6 Å². The average Bonchev–Trinajstić information content (AvgIpc) is 3.21. The zero-order valence-electron chi connectivity index (χ0n) is 20.6. The third-order valence-corrected chi connectivity index (χ3v) is 6.56. The summed E-state index contributed by atoms with van der Waals surface area (Å²) in [5.41, 5.74) is 2.91. The summed E-state index contributed by atoms with van der Waals surface area (Å²) in [4.78, 5) is 20.2. The van der Waals surface area contributed by atoms with E-state index in [-0.39, 0.29) is 28.8 Å². The van der Waals surface area contributed by atoms with E-state index in [2.05, 4.69) is 18.4 Å². The Hall–Kier alpha value is -3.71. The topological polar surface area (TPSA) is 87.8 Å². The minimum absolute atomic E-state index is 0.128. The Morgan fingerprint density at radius 3 is 2.56 bits per heavy atom. The van der Waals surface area contributed by atoms with E-state index < -0.39 is 5.75 Å². The molecule has 4 rings (SSSR count). The number of carbonyl (C=O) groups is 1. The highest BCUT2D eigenvalue weighted by Crippen LogP contribution is 2.36. The van der Waals surface area contributed by atoms with Crippen LogP contribution in [0.1, 0.15) is 42.0 Å². The monoisotopic (exact) mass is 507 g/mol. The Kier molecular flexibility index (Phi) is 7.70. The molecule has 0 atom stereocenters. The zero-order valence-corrected chi connectivity index (χ0v) is 21.4. The van der Waals surface area contributed by atoms with Gasteiger partial charge in [-0.1, -0.05) is 55.8 Å². The number of phenolic OH excluding ortho intramolecular Hbond substituents is 2. The van der Waals surface area contributed by atoms with E-state index in [0.717, 1.165) is 34.6 Å². The maximum atomic E-state index is 13.6. The third-order valence-electron chi connectivity index (χ3n) is 6.18. The van der Waals surface area contributed by atoms with Crippen molar-refractivity contribution in [3.63, 3.8) is 0 Å². The van der Waals surface area contributed by atoms with Crippen molar-refractivity contribution in [2.45, 2.75) is 33.4 Å². The lowest BCUT2D eigenvalue weighted by Crippen LogP contribution is -2.33. The number of nitrogens with zero attached hydrogens (tertiary/aromatic N) is 3. The number of hydrogen-bond acceptors (Lipinski definition) is 5. The number of amides is 1. The Morgan fingerprint density at radius 1 is 1.08 bits per heavy atom. The van der Waals surface area contributed by atoms with E-state index in [1.165, 1.54) is 12.1 Å². The molecular formula is C28H30ClN3O4. The van der Waals surface area contributed by atoms with Gasteiger partial charge in [-0.25, -0.2) is 4.98 Å². The van der Waals surface area contributed by atoms with Gasteiger partial charge in [0.05, 0.1) is 41.8 Å². The van der Waals surface area contributed by atoms with Crippen LogP contribution >= 0.6 is 11.6 Å². The predicted octanol–water partition coefficient (Wildman–Crippen LogP) is 5.85. The third kappa shape index (κ3) is 5.26. The van der Waals surface area contributed by atoms with Gasteiger partial charge < -0.3 is 24.4 Å². The predicted molar refractivity (Wildman–Crippen MR) is 141 cm³/mol. The van der Waals surface area contributed by atoms with Crippen LogP contribution in [0.15, 0.2) is 60.7 Å². The van der Waals surface area contributed by atoms with Crippen molar-refractivity contribution >= 4 is 28.5 Å². The van der Waals surface area contributed by atoms with Crippen LogP contribution < -0.4 is 4.74 Å². The highest BCUT2D eigenvalue weighted by molar-refractivity contribution is 6.35. The Balaban J connectivity index is 1.75. The molecule has 0 saturated carbocycles. The highest BCUT2D eigenvalue weighted by atomic mass is 35.5. The largest absolute Gasteiger partial charge is 0.504 e. The van der Waals surface area contributed by atoms with E-state index in [1.807, 2.05) is 48.5 Å². The molecule has 0 fully saturated rings. The first-order chi connectivity index (χ1) is 17.3. The summed E-state index contributed by atoms with van der Waals surface area (Å²) in [6.07, 6.45) is 0.778. The number of imidazole rings is 1. The number of aromatic nitrogens is 2. The summed E-state index contributed by atoms with van der Waals surface area (Å²) in [5, 5.41) is 19.7. The van der Waals surface area contributed by atoms with Gasteiger partial charge in [0.15, 0.2) is 11.5 Å². The summed E-state index contributed by atoms with van der Waals surface area (Å²) in [6.45, 7) is 5.43. The number of benzene rings is 3. The van der Waals surface area contributed by atoms with E-state index in [1.54, 1.807) is 12.0 Å². The van der Waals surface area contributed by atoms with Gasteiger partial charge in [0.25, 0.3) is 5.91 Å². The zero-order chi connectivity index (χ0) is 25.8. The van der Waals surface area contributed by atoms with E-state index in [0.29, 0.717) is 19.0 Å². The van der Waals surface area contributed by atoms with Crippen molar-refractivity contribution in [2.24, 2.45) is 5.92 Å². The standard InChI is InChI=1S/C28H30ClN3O4/c1-18(2)14-15-31(28(35)20-12-13-23(33)27(34)26(20)29)17-25-30-21-9-5-6-10-22(21)32(25)16-19-8-4-7-11-24(19)36-3/h4-13,18,33-34H,14-17H2,1-3H3. The molecule has 2 N–H and O–H groups in total. The van der Waals surface area contributed by atoms with Crippen LogP contribution in [0.25, 0.3) is 11.0 Å². The normalized spacial score (nSPS) is 11.2. The minimum atomic E-state index is -0.505. The van der Waals surface area contributed by atoms with Crippen LogP contribution in [-0.4, -0.2) is 44.2 Å². The first-order valence-electron chi connectivity index (χ1n) is 11.9. The number of ether oxygens (including phenoxy) is 1. The molecule has 0 bridgehead atoms. The molecule has 4 aromatic rings. The van der Waals surface area contributed by atoms with Crippen molar-refractivity contribution in [2.75, 3.05) is 13.7 Å². The van der Waals surface area contributed by atoms with Gasteiger partial charge in [-0.05, 0) is 42.7 Å². The SMILES string of the molecule is COc1ccccc1Cn1c(CN(CCC(C)C)C(=O)c2ccc(O)c(O)c2Cl)nc2ccccc21. The molecule has 3 aromatic carbocycles. The second kappa shape index (κ2) is 10.9. The number of aromatic hydroxyl groups is 2. The van der Waals surface area contributed by atoms with Gasteiger partial charge in [0.2, 0.25) is 0 Å². The van der Waals surface area contributed by atoms with E-state index >= 15 is 0 Å². The molecule has 188 valence electrons. The number of phenols is 2. The Bertz CT molecular complexity index is 1380.